The second kappa shape index (κ2) is 5.89. The smallest absolute Gasteiger partial charge is 0.243 e. The van der Waals surface area contributed by atoms with E-state index in [2.05, 4.69) is 0 Å². The molecule has 20 heavy (non-hydrogen) atoms. The van der Waals surface area contributed by atoms with Crippen LogP contribution in [-0.4, -0.2) is 49.7 Å². The lowest BCUT2D eigenvalue weighted by Gasteiger charge is -2.36. The predicted octanol–water partition coefficient (Wildman–Crippen LogP) is 0.329. The van der Waals surface area contributed by atoms with Crippen molar-refractivity contribution < 1.29 is 18.3 Å². The Morgan fingerprint density at radius 3 is 2.65 bits per heavy atom. The molecule has 2 atom stereocenters. The first-order valence-corrected chi connectivity index (χ1v) is 7.67. The molecule has 1 saturated heterocycles. The van der Waals surface area contributed by atoms with Gasteiger partial charge in [0.15, 0.2) is 0 Å². The summed E-state index contributed by atoms with van der Waals surface area (Å²) in [5, 5.41) is 17.9. The Kier molecular flexibility index (Phi) is 4.40. The number of aliphatic hydroxyl groups excluding tert-OH is 1. The highest BCUT2D eigenvalue weighted by Crippen LogP contribution is 2.22. The maximum absolute atomic E-state index is 12.6. The highest BCUT2D eigenvalue weighted by molar-refractivity contribution is 7.89. The summed E-state index contributed by atoms with van der Waals surface area (Å²) in [4.78, 5) is 0.141. The largest absolute Gasteiger partial charge is 0.394 e. The molecule has 1 aromatic rings. The summed E-state index contributed by atoms with van der Waals surface area (Å²) in [7, 11) is -3.65. The van der Waals surface area contributed by atoms with Crippen LogP contribution in [0.15, 0.2) is 29.2 Å². The monoisotopic (exact) mass is 296 g/mol. The number of nitrogens with zero attached hydrogens (tertiary/aromatic N) is 2. The third-order valence-electron chi connectivity index (χ3n) is 3.24. The molecule has 0 bridgehead atoms. The van der Waals surface area contributed by atoms with Gasteiger partial charge in [0.05, 0.1) is 35.8 Å². The molecule has 1 N–H and O–H groups in total. The van der Waals surface area contributed by atoms with Gasteiger partial charge in [-0.2, -0.15) is 9.57 Å². The standard InChI is InChI=1S/C13H16N2O4S/c1-10-9-19-12(8-16)7-15(10)20(17,18)13-4-2-11(6-14)3-5-13/h2-5,10,12,16H,7-9H2,1H3. The summed E-state index contributed by atoms with van der Waals surface area (Å²) in [6.45, 7) is 1.92. The molecule has 0 saturated carbocycles. The van der Waals surface area contributed by atoms with Crippen molar-refractivity contribution in [3.8, 4) is 6.07 Å². The summed E-state index contributed by atoms with van der Waals surface area (Å²) in [5.41, 5.74) is 0.409. The van der Waals surface area contributed by atoms with Crippen LogP contribution in [0.2, 0.25) is 0 Å². The zero-order chi connectivity index (χ0) is 14.8. The fourth-order valence-corrected chi connectivity index (χ4v) is 3.72. The van der Waals surface area contributed by atoms with Crippen molar-refractivity contribution in [2.75, 3.05) is 19.8 Å². The van der Waals surface area contributed by atoms with Crippen LogP contribution in [0, 0.1) is 11.3 Å². The minimum absolute atomic E-state index is 0.125. The van der Waals surface area contributed by atoms with Gasteiger partial charge >= 0.3 is 0 Å². The van der Waals surface area contributed by atoms with Gasteiger partial charge < -0.3 is 9.84 Å². The van der Waals surface area contributed by atoms with E-state index in [1.54, 1.807) is 6.92 Å². The van der Waals surface area contributed by atoms with Crippen LogP contribution in [0.4, 0.5) is 0 Å². The van der Waals surface area contributed by atoms with E-state index in [1.165, 1.54) is 28.6 Å². The van der Waals surface area contributed by atoms with Crippen LogP contribution >= 0.6 is 0 Å². The van der Waals surface area contributed by atoms with Crippen LogP contribution in [0.3, 0.4) is 0 Å². The molecular weight excluding hydrogens is 280 g/mol. The third-order valence-corrected chi connectivity index (χ3v) is 5.24. The molecule has 1 aliphatic heterocycles. The first-order chi connectivity index (χ1) is 9.48. The van der Waals surface area contributed by atoms with Crippen molar-refractivity contribution >= 4 is 10.0 Å². The minimum Gasteiger partial charge on any atom is -0.394 e. The summed E-state index contributed by atoms with van der Waals surface area (Å²) in [5.74, 6) is 0. The van der Waals surface area contributed by atoms with Gasteiger partial charge in [0.2, 0.25) is 10.0 Å². The molecule has 2 rings (SSSR count). The number of morpholine rings is 1. The average Bonchev–Trinajstić information content (AvgIpc) is 2.47. The maximum atomic E-state index is 12.6. The summed E-state index contributed by atoms with van der Waals surface area (Å²) in [6, 6.07) is 7.44. The third kappa shape index (κ3) is 2.83. The second-order valence-corrected chi connectivity index (χ2v) is 6.59. The molecule has 7 heteroatoms. The molecule has 0 radical (unpaired) electrons. The molecule has 108 valence electrons. The molecule has 1 heterocycles. The van der Waals surface area contributed by atoms with E-state index in [0.717, 1.165) is 0 Å². The lowest BCUT2D eigenvalue weighted by Crippen LogP contribution is -2.51. The number of hydrogen-bond donors (Lipinski definition) is 1. The van der Waals surface area contributed by atoms with Gasteiger partial charge in [-0.05, 0) is 31.2 Å². The van der Waals surface area contributed by atoms with Crippen LogP contribution in [0.25, 0.3) is 0 Å². The lowest BCUT2D eigenvalue weighted by molar-refractivity contribution is -0.0516. The van der Waals surface area contributed by atoms with Crippen molar-refractivity contribution in [1.82, 2.24) is 4.31 Å². The Morgan fingerprint density at radius 2 is 2.10 bits per heavy atom. The van der Waals surface area contributed by atoms with Crippen molar-refractivity contribution in [3.63, 3.8) is 0 Å². The fraction of sp³-hybridized carbons (Fsp3) is 0.462. The number of benzene rings is 1. The van der Waals surface area contributed by atoms with E-state index >= 15 is 0 Å². The Bertz CT molecular complexity index is 606. The Hall–Kier alpha value is -1.46. The average molecular weight is 296 g/mol. The molecule has 0 amide bonds. The highest BCUT2D eigenvalue weighted by atomic mass is 32.2. The quantitative estimate of drug-likeness (QED) is 0.868. The molecule has 0 aliphatic carbocycles. The van der Waals surface area contributed by atoms with Gasteiger partial charge in [-0.3, -0.25) is 0 Å². The van der Waals surface area contributed by atoms with Crippen LogP contribution in [-0.2, 0) is 14.8 Å². The Labute approximate surface area is 118 Å². The molecular formula is C13H16N2O4S. The van der Waals surface area contributed by atoms with Gasteiger partial charge in [-0.1, -0.05) is 0 Å². The zero-order valence-electron chi connectivity index (χ0n) is 11.1. The number of hydrogen-bond acceptors (Lipinski definition) is 5. The van der Waals surface area contributed by atoms with Gasteiger partial charge in [-0.15, -0.1) is 0 Å². The minimum atomic E-state index is -3.65. The molecule has 6 nitrogen and oxygen atoms in total. The maximum Gasteiger partial charge on any atom is 0.243 e. The van der Waals surface area contributed by atoms with E-state index in [-0.39, 0.29) is 30.7 Å². The predicted molar refractivity (Wildman–Crippen MR) is 71.3 cm³/mol. The van der Waals surface area contributed by atoms with Crippen molar-refractivity contribution in [3.05, 3.63) is 29.8 Å². The fourth-order valence-electron chi connectivity index (χ4n) is 2.07. The van der Waals surface area contributed by atoms with E-state index in [4.69, 9.17) is 15.1 Å². The SMILES string of the molecule is CC1COC(CO)CN1S(=O)(=O)c1ccc(C#N)cc1. The number of ether oxygens (including phenoxy) is 1. The van der Waals surface area contributed by atoms with Gasteiger partial charge in [-0.25, -0.2) is 8.42 Å². The number of rotatable bonds is 3. The Morgan fingerprint density at radius 1 is 1.45 bits per heavy atom. The second-order valence-electron chi connectivity index (χ2n) is 4.70. The van der Waals surface area contributed by atoms with Crippen LogP contribution < -0.4 is 0 Å². The van der Waals surface area contributed by atoms with E-state index in [0.29, 0.717) is 5.56 Å². The molecule has 1 aromatic carbocycles. The first kappa shape index (κ1) is 14.9. The summed E-state index contributed by atoms with van der Waals surface area (Å²) < 4.78 is 31.8. The molecule has 0 aromatic heterocycles. The topological polar surface area (TPSA) is 90.6 Å². The molecule has 1 fully saturated rings. The van der Waals surface area contributed by atoms with Crippen LogP contribution in [0.5, 0.6) is 0 Å². The molecule has 2 unspecified atom stereocenters. The lowest BCUT2D eigenvalue weighted by atomic mass is 10.2. The van der Waals surface area contributed by atoms with Crippen molar-refractivity contribution in [2.45, 2.75) is 24.0 Å². The zero-order valence-corrected chi connectivity index (χ0v) is 11.9. The van der Waals surface area contributed by atoms with Crippen molar-refractivity contribution in [1.29, 1.82) is 5.26 Å². The Balaban J connectivity index is 2.30. The van der Waals surface area contributed by atoms with Gasteiger partial charge in [0.1, 0.15) is 0 Å². The summed E-state index contributed by atoms with van der Waals surface area (Å²) >= 11 is 0. The van der Waals surface area contributed by atoms with Crippen LogP contribution in [0.1, 0.15) is 12.5 Å². The van der Waals surface area contributed by atoms with Gasteiger partial charge in [0, 0.05) is 12.6 Å². The normalized spacial score (nSPS) is 24.2. The number of nitriles is 1. The molecule has 0 spiro atoms. The van der Waals surface area contributed by atoms with E-state index in [1.807, 2.05) is 6.07 Å². The highest BCUT2D eigenvalue weighted by Gasteiger charge is 2.35. The molecule has 1 aliphatic rings. The van der Waals surface area contributed by atoms with Crippen molar-refractivity contribution in [2.24, 2.45) is 0 Å². The number of sulfonamides is 1. The van der Waals surface area contributed by atoms with Gasteiger partial charge in [0.25, 0.3) is 0 Å². The summed E-state index contributed by atoms with van der Waals surface area (Å²) in [6.07, 6.45) is -0.501. The first-order valence-electron chi connectivity index (χ1n) is 6.23. The van der Waals surface area contributed by atoms with E-state index < -0.39 is 16.1 Å². The van der Waals surface area contributed by atoms with E-state index in [9.17, 15) is 8.42 Å². The number of aliphatic hydroxyl groups is 1.